The molecule has 1 atom stereocenters. The Balaban J connectivity index is 2.44. The molecule has 14 heavy (non-hydrogen) atoms. The van der Waals surface area contributed by atoms with E-state index in [1.165, 1.54) is 6.07 Å². The second-order valence-corrected chi connectivity index (χ2v) is 4.16. The molecule has 2 rings (SSSR count). The molecule has 0 aliphatic carbocycles. The van der Waals surface area contributed by atoms with Gasteiger partial charge in [-0.2, -0.15) is 0 Å². The van der Waals surface area contributed by atoms with E-state index in [4.69, 9.17) is 11.6 Å². The van der Waals surface area contributed by atoms with Crippen molar-refractivity contribution in [2.75, 3.05) is 13.1 Å². The highest BCUT2D eigenvalue weighted by atomic mass is 35.5. The third kappa shape index (κ3) is 1.64. The summed E-state index contributed by atoms with van der Waals surface area (Å²) in [7, 11) is 0. The summed E-state index contributed by atoms with van der Waals surface area (Å²) in [6, 6.07) is 3.23. The van der Waals surface area contributed by atoms with Crippen LogP contribution in [0.4, 0.5) is 4.39 Å². The number of rotatable bonds is 1. The second kappa shape index (κ2) is 3.87. The lowest BCUT2D eigenvalue weighted by Crippen LogP contribution is -2.09. The van der Waals surface area contributed by atoms with E-state index in [2.05, 4.69) is 5.32 Å². The van der Waals surface area contributed by atoms with Crippen LogP contribution in [0, 0.1) is 12.7 Å². The topological polar surface area (TPSA) is 12.0 Å². The largest absolute Gasteiger partial charge is 0.316 e. The third-order valence-electron chi connectivity index (χ3n) is 2.82. The molecule has 1 aliphatic heterocycles. The molecule has 1 unspecified atom stereocenters. The van der Waals surface area contributed by atoms with Crippen molar-refractivity contribution in [1.29, 1.82) is 0 Å². The number of nitrogens with one attached hydrogen (secondary N) is 1. The molecular formula is C11H13ClFN. The van der Waals surface area contributed by atoms with Crippen LogP contribution in [-0.4, -0.2) is 13.1 Å². The molecule has 1 heterocycles. The Kier molecular flexibility index (Phi) is 2.75. The fraction of sp³-hybridized carbons (Fsp3) is 0.455. The molecule has 0 spiro atoms. The molecule has 0 bridgehead atoms. The first-order valence-corrected chi connectivity index (χ1v) is 5.23. The summed E-state index contributed by atoms with van der Waals surface area (Å²) in [5.41, 5.74) is 2.07. The van der Waals surface area contributed by atoms with Crippen LogP contribution in [0.1, 0.15) is 23.5 Å². The maximum absolute atomic E-state index is 13.3. The van der Waals surface area contributed by atoms with E-state index in [0.29, 0.717) is 10.9 Å². The Hall–Kier alpha value is -0.600. The van der Waals surface area contributed by atoms with Gasteiger partial charge >= 0.3 is 0 Å². The maximum Gasteiger partial charge on any atom is 0.142 e. The number of aryl methyl sites for hydroxylation is 1. The van der Waals surface area contributed by atoms with E-state index in [0.717, 1.165) is 30.6 Å². The van der Waals surface area contributed by atoms with Gasteiger partial charge in [0.2, 0.25) is 0 Å². The van der Waals surface area contributed by atoms with Crippen molar-refractivity contribution in [3.05, 3.63) is 34.1 Å². The predicted octanol–water partition coefficient (Wildman–Crippen LogP) is 2.86. The van der Waals surface area contributed by atoms with Gasteiger partial charge in [0.05, 0.1) is 5.02 Å². The summed E-state index contributed by atoms with van der Waals surface area (Å²) in [6.45, 7) is 3.89. The number of benzene rings is 1. The van der Waals surface area contributed by atoms with Gasteiger partial charge in [0.1, 0.15) is 5.82 Å². The Bertz CT molecular complexity index is 345. The fourth-order valence-corrected chi connectivity index (χ4v) is 2.43. The molecule has 0 aromatic heterocycles. The van der Waals surface area contributed by atoms with Crippen molar-refractivity contribution >= 4 is 11.6 Å². The van der Waals surface area contributed by atoms with Crippen LogP contribution < -0.4 is 5.32 Å². The first-order valence-electron chi connectivity index (χ1n) is 4.85. The normalized spacial score (nSPS) is 21.5. The van der Waals surface area contributed by atoms with Crippen LogP contribution in [0.25, 0.3) is 0 Å². The summed E-state index contributed by atoms with van der Waals surface area (Å²) in [6.07, 6.45) is 1.05. The van der Waals surface area contributed by atoms with Crippen LogP contribution in [-0.2, 0) is 0 Å². The SMILES string of the molecule is Cc1ccc(F)c(Cl)c1C1CCNC1. The summed E-state index contributed by atoms with van der Waals surface area (Å²) in [5, 5.41) is 3.57. The monoisotopic (exact) mass is 213 g/mol. The minimum atomic E-state index is -0.306. The van der Waals surface area contributed by atoms with Gasteiger partial charge in [0.15, 0.2) is 0 Å². The molecule has 3 heteroatoms. The molecule has 0 saturated carbocycles. The highest BCUT2D eigenvalue weighted by Gasteiger charge is 2.22. The van der Waals surface area contributed by atoms with E-state index in [9.17, 15) is 4.39 Å². The average molecular weight is 214 g/mol. The van der Waals surface area contributed by atoms with Gasteiger partial charge in [-0.3, -0.25) is 0 Å². The lowest BCUT2D eigenvalue weighted by atomic mass is 9.94. The number of halogens is 2. The van der Waals surface area contributed by atoms with Crippen molar-refractivity contribution in [3.8, 4) is 0 Å². The zero-order valence-electron chi connectivity index (χ0n) is 8.11. The molecule has 1 nitrogen and oxygen atoms in total. The van der Waals surface area contributed by atoms with Crippen LogP contribution in [0.2, 0.25) is 5.02 Å². The summed E-state index contributed by atoms with van der Waals surface area (Å²) >= 11 is 5.98. The molecular weight excluding hydrogens is 201 g/mol. The van der Waals surface area contributed by atoms with Crippen molar-refractivity contribution < 1.29 is 4.39 Å². The van der Waals surface area contributed by atoms with Gasteiger partial charge in [-0.05, 0) is 43.0 Å². The summed E-state index contributed by atoms with van der Waals surface area (Å²) in [5.74, 6) is 0.0670. The third-order valence-corrected chi connectivity index (χ3v) is 3.20. The Morgan fingerprint density at radius 2 is 2.29 bits per heavy atom. The Morgan fingerprint density at radius 3 is 2.93 bits per heavy atom. The smallest absolute Gasteiger partial charge is 0.142 e. The molecule has 1 aliphatic rings. The molecule has 1 saturated heterocycles. The van der Waals surface area contributed by atoms with E-state index >= 15 is 0 Å². The van der Waals surface area contributed by atoms with Crippen LogP contribution in [0.5, 0.6) is 0 Å². The van der Waals surface area contributed by atoms with Crippen molar-refractivity contribution in [3.63, 3.8) is 0 Å². The minimum Gasteiger partial charge on any atom is -0.316 e. The average Bonchev–Trinajstić information content (AvgIpc) is 2.65. The fourth-order valence-electron chi connectivity index (χ4n) is 2.07. The van der Waals surface area contributed by atoms with Crippen molar-refractivity contribution in [2.24, 2.45) is 0 Å². The van der Waals surface area contributed by atoms with Crippen molar-refractivity contribution in [2.45, 2.75) is 19.3 Å². The zero-order valence-corrected chi connectivity index (χ0v) is 8.87. The molecule has 76 valence electrons. The molecule has 1 aromatic carbocycles. The van der Waals surface area contributed by atoms with Gasteiger partial charge in [-0.15, -0.1) is 0 Å². The molecule has 1 N–H and O–H groups in total. The summed E-state index contributed by atoms with van der Waals surface area (Å²) in [4.78, 5) is 0. The van der Waals surface area contributed by atoms with E-state index in [1.807, 2.05) is 6.92 Å². The highest BCUT2D eigenvalue weighted by molar-refractivity contribution is 6.31. The minimum absolute atomic E-state index is 0.304. The van der Waals surface area contributed by atoms with Gasteiger partial charge in [0.25, 0.3) is 0 Å². The number of hydrogen-bond donors (Lipinski definition) is 1. The van der Waals surface area contributed by atoms with Crippen LogP contribution >= 0.6 is 11.6 Å². The van der Waals surface area contributed by atoms with E-state index < -0.39 is 0 Å². The molecule has 1 aromatic rings. The standard InChI is InChI=1S/C11H13ClFN/c1-7-2-3-9(13)11(12)10(7)8-4-5-14-6-8/h2-3,8,14H,4-6H2,1H3. The van der Waals surface area contributed by atoms with Gasteiger partial charge in [-0.1, -0.05) is 17.7 Å². The first-order chi connectivity index (χ1) is 6.70. The molecule has 0 amide bonds. The summed E-state index contributed by atoms with van der Waals surface area (Å²) < 4.78 is 13.3. The maximum atomic E-state index is 13.3. The lowest BCUT2D eigenvalue weighted by Gasteiger charge is -2.14. The molecule has 1 fully saturated rings. The molecule has 0 radical (unpaired) electrons. The highest BCUT2D eigenvalue weighted by Crippen LogP contribution is 2.33. The lowest BCUT2D eigenvalue weighted by molar-refractivity contribution is 0.620. The van der Waals surface area contributed by atoms with Crippen LogP contribution in [0.15, 0.2) is 12.1 Å². The van der Waals surface area contributed by atoms with Crippen molar-refractivity contribution in [1.82, 2.24) is 5.32 Å². The second-order valence-electron chi connectivity index (χ2n) is 3.78. The van der Waals surface area contributed by atoms with E-state index in [-0.39, 0.29) is 5.82 Å². The quantitative estimate of drug-likeness (QED) is 0.757. The first kappa shape index (κ1) is 9.94. The van der Waals surface area contributed by atoms with Crippen LogP contribution in [0.3, 0.4) is 0 Å². The van der Waals surface area contributed by atoms with Gasteiger partial charge in [0, 0.05) is 6.54 Å². The van der Waals surface area contributed by atoms with Gasteiger partial charge < -0.3 is 5.32 Å². The number of hydrogen-bond acceptors (Lipinski definition) is 1. The Morgan fingerprint density at radius 1 is 1.50 bits per heavy atom. The van der Waals surface area contributed by atoms with Gasteiger partial charge in [-0.25, -0.2) is 4.39 Å². The predicted molar refractivity (Wildman–Crippen MR) is 56.4 cm³/mol. The zero-order chi connectivity index (χ0) is 10.1. The van der Waals surface area contributed by atoms with E-state index in [1.54, 1.807) is 6.07 Å². The Labute approximate surface area is 88.3 Å².